The van der Waals surface area contributed by atoms with Crippen LogP contribution in [-0.4, -0.2) is 26.7 Å². The average molecular weight is 329 g/mol. The van der Waals surface area contributed by atoms with Crippen molar-refractivity contribution in [1.29, 1.82) is 0 Å². The second kappa shape index (κ2) is 8.93. The molecule has 0 heterocycles. The maximum absolute atomic E-state index is 12.0. The molecule has 2 aromatic rings. The molecule has 0 saturated carbocycles. The molecule has 0 radical (unpaired) electrons. The first-order valence-corrected chi connectivity index (χ1v) is 8.00. The van der Waals surface area contributed by atoms with Gasteiger partial charge in [-0.25, -0.2) is 0 Å². The molecule has 0 aliphatic heterocycles. The van der Waals surface area contributed by atoms with E-state index in [9.17, 15) is 4.79 Å². The van der Waals surface area contributed by atoms with Gasteiger partial charge in [-0.15, -0.1) is 0 Å². The van der Waals surface area contributed by atoms with Crippen molar-refractivity contribution >= 4 is 5.91 Å². The van der Waals surface area contributed by atoms with E-state index in [1.54, 1.807) is 14.2 Å². The van der Waals surface area contributed by atoms with E-state index in [0.29, 0.717) is 24.6 Å². The third kappa shape index (κ3) is 4.99. The van der Waals surface area contributed by atoms with Crippen LogP contribution in [0.25, 0.3) is 0 Å². The van der Waals surface area contributed by atoms with Crippen molar-refractivity contribution in [3.63, 3.8) is 0 Å². The summed E-state index contributed by atoms with van der Waals surface area (Å²) >= 11 is 0. The molecule has 2 rings (SSSR count). The molecule has 0 spiro atoms. The summed E-state index contributed by atoms with van der Waals surface area (Å²) in [6.07, 6.45) is 0. The standard InChI is InChI=1S/C19H24N2O3/c1-14(16-7-5-4-6-8-16)20-13-19(22)21-12-15-9-10-17(23-2)18(11-15)24-3/h4-11,14,20H,12-13H2,1-3H3,(H,21,22)/p+1/t14-/m1/s1. The summed E-state index contributed by atoms with van der Waals surface area (Å²) in [7, 11) is 3.20. The number of rotatable bonds is 8. The van der Waals surface area contributed by atoms with E-state index in [-0.39, 0.29) is 11.9 Å². The molecular weight excluding hydrogens is 304 g/mol. The van der Waals surface area contributed by atoms with Crippen LogP contribution in [0.5, 0.6) is 11.5 Å². The summed E-state index contributed by atoms with van der Waals surface area (Å²) in [6.45, 7) is 2.95. The molecule has 24 heavy (non-hydrogen) atoms. The minimum Gasteiger partial charge on any atom is -0.493 e. The summed E-state index contributed by atoms with van der Waals surface area (Å²) in [4.78, 5) is 12.0. The molecule has 0 fully saturated rings. The van der Waals surface area contributed by atoms with Gasteiger partial charge in [0.2, 0.25) is 0 Å². The minimum atomic E-state index is 0.00701. The fourth-order valence-corrected chi connectivity index (χ4v) is 2.44. The number of nitrogens with one attached hydrogen (secondary N) is 1. The van der Waals surface area contributed by atoms with Crippen molar-refractivity contribution in [2.75, 3.05) is 20.8 Å². The molecule has 0 aliphatic carbocycles. The number of benzene rings is 2. The number of hydrogen-bond donors (Lipinski definition) is 2. The van der Waals surface area contributed by atoms with E-state index in [2.05, 4.69) is 24.4 Å². The van der Waals surface area contributed by atoms with Crippen molar-refractivity contribution in [3.8, 4) is 11.5 Å². The second-order valence-electron chi connectivity index (χ2n) is 5.61. The Labute approximate surface area is 143 Å². The summed E-state index contributed by atoms with van der Waals surface area (Å²) in [5, 5.41) is 4.96. The number of amides is 1. The molecule has 5 heteroatoms. The van der Waals surface area contributed by atoms with E-state index in [1.165, 1.54) is 5.56 Å². The third-order valence-electron chi connectivity index (χ3n) is 3.92. The first kappa shape index (κ1) is 17.8. The number of nitrogens with two attached hydrogens (primary N) is 1. The predicted molar refractivity (Wildman–Crippen MR) is 93.0 cm³/mol. The smallest absolute Gasteiger partial charge is 0.275 e. The zero-order valence-electron chi connectivity index (χ0n) is 14.4. The average Bonchev–Trinajstić information content (AvgIpc) is 2.64. The third-order valence-corrected chi connectivity index (χ3v) is 3.92. The molecule has 0 bridgehead atoms. The molecule has 0 aliphatic rings. The van der Waals surface area contributed by atoms with Crippen molar-refractivity contribution in [2.24, 2.45) is 0 Å². The van der Waals surface area contributed by atoms with Gasteiger partial charge >= 0.3 is 0 Å². The monoisotopic (exact) mass is 329 g/mol. The molecule has 1 atom stereocenters. The molecule has 1 amide bonds. The predicted octanol–water partition coefficient (Wildman–Crippen LogP) is 1.64. The number of methoxy groups -OCH3 is 2. The van der Waals surface area contributed by atoms with Crippen molar-refractivity contribution in [1.82, 2.24) is 5.32 Å². The summed E-state index contributed by atoms with van der Waals surface area (Å²) in [6, 6.07) is 16.0. The first-order valence-electron chi connectivity index (χ1n) is 8.00. The van der Waals surface area contributed by atoms with Crippen LogP contribution in [0.2, 0.25) is 0 Å². The Morgan fingerprint density at radius 1 is 1.08 bits per heavy atom. The Hall–Kier alpha value is -2.53. The van der Waals surface area contributed by atoms with Gasteiger partial charge < -0.3 is 20.1 Å². The Balaban J connectivity index is 1.81. The Bertz CT molecular complexity index is 659. The first-order chi connectivity index (χ1) is 11.6. The Kier molecular flexibility index (Phi) is 6.63. The highest BCUT2D eigenvalue weighted by atomic mass is 16.5. The summed E-state index contributed by atoms with van der Waals surface area (Å²) in [5.41, 5.74) is 2.18. The van der Waals surface area contributed by atoms with Crippen LogP contribution in [-0.2, 0) is 11.3 Å². The maximum Gasteiger partial charge on any atom is 0.275 e. The van der Waals surface area contributed by atoms with E-state index in [1.807, 2.05) is 41.7 Å². The summed E-state index contributed by atoms with van der Waals surface area (Å²) in [5.74, 6) is 1.35. The van der Waals surface area contributed by atoms with Crippen LogP contribution in [0.15, 0.2) is 48.5 Å². The van der Waals surface area contributed by atoms with Crippen LogP contribution in [0.1, 0.15) is 24.1 Å². The molecule has 3 N–H and O–H groups in total. The zero-order chi connectivity index (χ0) is 17.4. The molecule has 5 nitrogen and oxygen atoms in total. The lowest BCUT2D eigenvalue weighted by Gasteiger charge is -2.12. The number of ether oxygens (including phenoxy) is 2. The van der Waals surface area contributed by atoms with Crippen LogP contribution < -0.4 is 20.1 Å². The molecule has 128 valence electrons. The largest absolute Gasteiger partial charge is 0.493 e. The van der Waals surface area contributed by atoms with Crippen LogP contribution >= 0.6 is 0 Å². The molecular formula is C19H25N2O3+. The van der Waals surface area contributed by atoms with Gasteiger partial charge in [-0.05, 0) is 24.6 Å². The van der Waals surface area contributed by atoms with Crippen molar-refractivity contribution < 1.29 is 19.6 Å². The number of carbonyl (C=O) groups excluding carboxylic acids is 1. The lowest BCUT2D eigenvalue weighted by Crippen LogP contribution is -2.87. The van der Waals surface area contributed by atoms with E-state index in [0.717, 1.165) is 5.56 Å². The highest BCUT2D eigenvalue weighted by molar-refractivity contribution is 5.76. The van der Waals surface area contributed by atoms with Gasteiger partial charge in [-0.1, -0.05) is 36.4 Å². The van der Waals surface area contributed by atoms with Crippen molar-refractivity contribution in [2.45, 2.75) is 19.5 Å². The second-order valence-corrected chi connectivity index (χ2v) is 5.61. The number of quaternary nitrogens is 1. The quantitative estimate of drug-likeness (QED) is 0.774. The molecule has 2 aromatic carbocycles. The van der Waals surface area contributed by atoms with Gasteiger partial charge in [0, 0.05) is 12.1 Å². The highest BCUT2D eigenvalue weighted by Gasteiger charge is 2.11. The van der Waals surface area contributed by atoms with E-state index in [4.69, 9.17) is 9.47 Å². The highest BCUT2D eigenvalue weighted by Crippen LogP contribution is 2.27. The van der Waals surface area contributed by atoms with Crippen LogP contribution in [0.3, 0.4) is 0 Å². The fourth-order valence-electron chi connectivity index (χ4n) is 2.44. The van der Waals surface area contributed by atoms with E-state index >= 15 is 0 Å². The lowest BCUT2D eigenvalue weighted by molar-refractivity contribution is -0.682. The van der Waals surface area contributed by atoms with Gasteiger partial charge in [0.05, 0.1) is 14.2 Å². The number of carbonyl (C=O) groups is 1. The van der Waals surface area contributed by atoms with Gasteiger partial charge in [0.15, 0.2) is 18.0 Å². The van der Waals surface area contributed by atoms with Crippen LogP contribution in [0, 0.1) is 0 Å². The maximum atomic E-state index is 12.0. The van der Waals surface area contributed by atoms with Crippen LogP contribution in [0.4, 0.5) is 0 Å². The topological polar surface area (TPSA) is 64.2 Å². The Morgan fingerprint density at radius 2 is 1.79 bits per heavy atom. The summed E-state index contributed by atoms with van der Waals surface area (Å²) < 4.78 is 10.5. The Morgan fingerprint density at radius 3 is 2.46 bits per heavy atom. The molecule has 0 saturated heterocycles. The lowest BCUT2D eigenvalue weighted by atomic mass is 10.1. The van der Waals surface area contributed by atoms with Gasteiger partial charge in [-0.2, -0.15) is 0 Å². The molecule has 0 aromatic heterocycles. The minimum absolute atomic E-state index is 0.00701. The number of hydrogen-bond acceptors (Lipinski definition) is 3. The SMILES string of the molecule is COc1ccc(CNC(=O)C[NH2+][C@H](C)c2ccccc2)cc1OC. The zero-order valence-corrected chi connectivity index (χ0v) is 14.4. The normalized spacial score (nSPS) is 11.6. The van der Waals surface area contributed by atoms with Gasteiger partial charge in [0.25, 0.3) is 5.91 Å². The fraction of sp³-hybridized carbons (Fsp3) is 0.316. The van der Waals surface area contributed by atoms with Gasteiger partial charge in [-0.3, -0.25) is 4.79 Å². The van der Waals surface area contributed by atoms with Gasteiger partial charge in [0.1, 0.15) is 6.04 Å². The molecule has 0 unspecified atom stereocenters. The van der Waals surface area contributed by atoms with E-state index < -0.39 is 0 Å². The van der Waals surface area contributed by atoms with Crippen molar-refractivity contribution in [3.05, 3.63) is 59.7 Å².